The molecule has 11 aromatic rings. The van der Waals surface area contributed by atoms with Gasteiger partial charge >= 0.3 is 11.9 Å². The number of cyclic esters (lactones) is 1. The highest BCUT2D eigenvalue weighted by atomic mass is 16.6. The fraction of sp³-hybridized carbons (Fsp3) is 0.228. The normalized spacial score (nSPS) is 13.9. The molecule has 0 radical (unpaired) electrons. The largest absolute Gasteiger partial charge is 0.494 e. The molecule has 1 unspecified atom stereocenters. The summed E-state index contributed by atoms with van der Waals surface area (Å²) in [5.41, 5.74) is 11.6. The molecule has 0 bridgehead atoms. The Hall–Kier alpha value is -10.9. The van der Waals surface area contributed by atoms with E-state index in [1.165, 1.54) is 0 Å². The number of carbonyl (C=O) groups excluding carboxylic acids is 3. The molecule has 0 aliphatic carbocycles. The number of aliphatic hydroxyl groups is 1. The summed E-state index contributed by atoms with van der Waals surface area (Å²) in [4.78, 5) is 85.7. The highest BCUT2D eigenvalue weighted by Crippen LogP contribution is 2.41. The van der Waals surface area contributed by atoms with Gasteiger partial charge in [-0.3, -0.25) is 39.3 Å². The third kappa shape index (κ3) is 14.6. The van der Waals surface area contributed by atoms with Gasteiger partial charge in [-0.05, 0) is 168 Å². The van der Waals surface area contributed by atoms with Crippen LogP contribution in [-0.2, 0) is 80.5 Å². The highest BCUT2D eigenvalue weighted by Gasteiger charge is 2.45. The molecule has 17 heteroatoms. The Morgan fingerprint density at radius 3 is 1.71 bits per heavy atom. The summed E-state index contributed by atoms with van der Waals surface area (Å²) in [5, 5.41) is 12.2. The number of pyridine rings is 6. The molecule has 13 rings (SSSR count). The van der Waals surface area contributed by atoms with Gasteiger partial charge in [0.05, 0.1) is 64.0 Å². The van der Waals surface area contributed by atoms with Gasteiger partial charge in [0.1, 0.15) is 18.1 Å². The van der Waals surface area contributed by atoms with Gasteiger partial charge in [0.25, 0.3) is 11.5 Å². The smallest absolute Gasteiger partial charge is 0.343 e. The standard InChI is InChI=1S/C79H73N9O8/c1-3-67-68-43-65(32-33-72(68)84-74-69(67)52-88-73(74)44-71-70(76(88)90)53-95-78(92)79(71,93)4-2)96-77(91)60-26-24-54(25-27-60)47-87(75(89)59-30-28-58(29-31-59)57-18-6-5-7-19-57)38-16-17-39-94-66-41-55(45-85(48-61-20-8-12-34-80-61)49-62-21-9-13-35-81-62)40-56(42-66)46-86(50-63-22-10-14-36-82-63)51-64-23-11-15-37-83-64/h5-15,18-37,40-44,93H,3-4,16-17,38-39,45-53H2,1-2H3. The topological polar surface area (TPSA) is 195 Å². The summed E-state index contributed by atoms with van der Waals surface area (Å²) in [6.45, 7) is 8.53. The van der Waals surface area contributed by atoms with Crippen molar-refractivity contribution in [2.75, 3.05) is 13.2 Å². The Kier molecular flexibility index (Phi) is 19.4. The lowest BCUT2D eigenvalue weighted by Crippen LogP contribution is -2.44. The van der Waals surface area contributed by atoms with Gasteiger partial charge in [-0.15, -0.1) is 0 Å². The number of aromatic nitrogens is 6. The van der Waals surface area contributed by atoms with Crippen molar-refractivity contribution in [1.82, 2.24) is 44.2 Å². The van der Waals surface area contributed by atoms with Crippen LogP contribution >= 0.6 is 0 Å². The second-order valence-electron chi connectivity index (χ2n) is 24.4. The maximum Gasteiger partial charge on any atom is 0.343 e. The lowest BCUT2D eigenvalue weighted by Gasteiger charge is -2.31. The first-order chi connectivity index (χ1) is 46.9. The number of esters is 2. The maximum atomic E-state index is 14.7. The van der Waals surface area contributed by atoms with Crippen LogP contribution in [0.4, 0.5) is 0 Å². The quantitative estimate of drug-likeness (QED) is 0.0305. The lowest BCUT2D eigenvalue weighted by molar-refractivity contribution is -0.172. The van der Waals surface area contributed by atoms with E-state index < -0.39 is 17.5 Å². The van der Waals surface area contributed by atoms with Crippen LogP contribution in [-0.4, -0.2) is 80.3 Å². The molecular formula is C79H73N9O8. The predicted octanol–water partition coefficient (Wildman–Crippen LogP) is 13.0. The first kappa shape index (κ1) is 63.9. The number of benzene rings is 5. The Morgan fingerprint density at radius 1 is 0.573 bits per heavy atom. The van der Waals surface area contributed by atoms with E-state index >= 15 is 0 Å². The molecule has 1 atom stereocenters. The number of hydrogen-bond acceptors (Lipinski definition) is 15. The van der Waals surface area contributed by atoms with Crippen LogP contribution in [0.5, 0.6) is 11.5 Å². The van der Waals surface area contributed by atoms with Gasteiger partial charge in [-0.1, -0.05) is 98.8 Å². The third-order valence-electron chi connectivity index (χ3n) is 17.8. The minimum atomic E-state index is -1.94. The Balaban J connectivity index is 0.716. The lowest BCUT2D eigenvalue weighted by atomic mass is 9.86. The van der Waals surface area contributed by atoms with Gasteiger partial charge in [0.15, 0.2) is 5.60 Å². The second kappa shape index (κ2) is 29.2. The van der Waals surface area contributed by atoms with Crippen molar-refractivity contribution < 1.29 is 33.7 Å². The number of fused-ring (bicyclic) bond motifs is 5. The van der Waals surface area contributed by atoms with Crippen LogP contribution in [0.1, 0.15) is 116 Å². The second-order valence-corrected chi connectivity index (χ2v) is 24.4. The molecule has 482 valence electrons. The van der Waals surface area contributed by atoms with E-state index in [9.17, 15) is 24.3 Å². The Labute approximate surface area is 557 Å². The molecule has 1 amide bonds. The minimum absolute atomic E-state index is 0.0448. The maximum absolute atomic E-state index is 14.7. The van der Waals surface area contributed by atoms with Crippen molar-refractivity contribution in [2.45, 2.75) is 104 Å². The average Bonchev–Trinajstić information content (AvgIpc) is 1.54. The SMILES string of the molecule is CCc1c2c(nc3ccc(OC(=O)c4ccc(CN(CCCCOc5cc(CN(Cc6ccccn6)Cc6ccccn6)cc(CN(Cc6ccccn6)Cc6ccccn6)c5)C(=O)c5ccc(-c6ccccc6)cc5)cc4)cc13)-c1cc3c(c(=O)n1C2)COC(=O)C3(O)CC. The molecular weight excluding hydrogens is 1200 g/mol. The minimum Gasteiger partial charge on any atom is -0.494 e. The van der Waals surface area contributed by atoms with Crippen LogP contribution in [0.3, 0.4) is 0 Å². The van der Waals surface area contributed by atoms with Gasteiger partial charge in [-0.25, -0.2) is 14.6 Å². The van der Waals surface area contributed by atoms with Crippen LogP contribution < -0.4 is 15.0 Å². The van der Waals surface area contributed by atoms with Crippen molar-refractivity contribution in [2.24, 2.45) is 0 Å². The van der Waals surface area contributed by atoms with Crippen LogP contribution in [0.15, 0.2) is 224 Å². The number of hydrogen-bond donors (Lipinski definition) is 1. The zero-order chi connectivity index (χ0) is 66.0. The Bertz CT molecular complexity index is 4430. The summed E-state index contributed by atoms with van der Waals surface area (Å²) < 4.78 is 19.7. The fourth-order valence-corrected chi connectivity index (χ4v) is 12.9. The molecule has 1 N–H and O–H groups in total. The van der Waals surface area contributed by atoms with Crippen LogP contribution in [0.2, 0.25) is 0 Å². The molecule has 0 fully saturated rings. The molecule has 6 aromatic heterocycles. The van der Waals surface area contributed by atoms with Gasteiger partial charge in [0.2, 0.25) is 0 Å². The highest BCUT2D eigenvalue weighted by molar-refractivity contribution is 5.95. The molecule has 0 saturated carbocycles. The summed E-state index contributed by atoms with van der Waals surface area (Å²) >= 11 is 0. The average molecular weight is 1280 g/mol. The van der Waals surface area contributed by atoms with Crippen molar-refractivity contribution in [1.29, 1.82) is 0 Å². The van der Waals surface area contributed by atoms with E-state index in [1.54, 1.807) is 47.9 Å². The van der Waals surface area contributed by atoms with Crippen LogP contribution in [0, 0.1) is 0 Å². The van der Waals surface area contributed by atoms with Gasteiger partial charge < -0.3 is 28.8 Å². The summed E-state index contributed by atoms with van der Waals surface area (Å²) in [6.07, 6.45) is 9.24. The predicted molar refractivity (Wildman–Crippen MR) is 366 cm³/mol. The Morgan fingerprint density at radius 2 is 1.15 bits per heavy atom. The van der Waals surface area contributed by atoms with Crippen LogP contribution in [0.25, 0.3) is 33.4 Å². The number of nitrogens with zero attached hydrogens (tertiary/aromatic N) is 9. The monoisotopic (exact) mass is 1280 g/mol. The number of ether oxygens (including phenoxy) is 3. The third-order valence-corrected chi connectivity index (χ3v) is 17.8. The molecule has 2 aliphatic heterocycles. The zero-order valence-electron chi connectivity index (χ0n) is 53.7. The van der Waals surface area contributed by atoms with Crippen molar-refractivity contribution >= 4 is 28.7 Å². The first-order valence-corrected chi connectivity index (χ1v) is 32.6. The summed E-state index contributed by atoms with van der Waals surface area (Å²) in [6, 6.07) is 62.4. The number of carbonyl (C=O) groups is 3. The van der Waals surface area contributed by atoms with Crippen molar-refractivity contribution in [3.8, 4) is 34.0 Å². The van der Waals surface area contributed by atoms with E-state index in [0.29, 0.717) is 105 Å². The van der Waals surface area contributed by atoms with E-state index in [4.69, 9.17) is 19.2 Å². The van der Waals surface area contributed by atoms with E-state index in [0.717, 1.165) is 72.9 Å². The molecule has 2 aliphatic rings. The molecule has 8 heterocycles. The van der Waals surface area contributed by atoms with Crippen molar-refractivity contribution in [3.05, 3.63) is 302 Å². The van der Waals surface area contributed by atoms with Gasteiger partial charge in [0, 0.05) is 99.2 Å². The van der Waals surface area contributed by atoms with Gasteiger partial charge in [-0.2, -0.15) is 0 Å². The van der Waals surface area contributed by atoms with E-state index in [-0.39, 0.29) is 48.7 Å². The fourth-order valence-electron chi connectivity index (χ4n) is 12.9. The summed E-state index contributed by atoms with van der Waals surface area (Å²) in [5.74, 6) is -0.377. The van der Waals surface area contributed by atoms with Crippen molar-refractivity contribution in [3.63, 3.8) is 0 Å². The molecule has 0 saturated heterocycles. The number of aryl methyl sites for hydroxylation is 1. The molecule has 0 spiro atoms. The first-order valence-electron chi connectivity index (χ1n) is 32.6. The van der Waals surface area contributed by atoms with E-state index in [2.05, 4.69) is 47.9 Å². The zero-order valence-corrected chi connectivity index (χ0v) is 53.7. The number of rotatable bonds is 26. The number of amides is 1. The molecule has 5 aromatic carbocycles. The molecule has 96 heavy (non-hydrogen) atoms. The summed E-state index contributed by atoms with van der Waals surface area (Å²) in [7, 11) is 0. The van der Waals surface area contributed by atoms with E-state index in [1.807, 2.05) is 176 Å². The molecule has 17 nitrogen and oxygen atoms in total. The number of unbranched alkanes of at least 4 members (excludes halogenated alkanes) is 1.